The molecule has 0 saturated carbocycles. The molecule has 158 valence electrons. The number of amides is 1. The van der Waals surface area contributed by atoms with Crippen molar-refractivity contribution in [2.24, 2.45) is 0 Å². The predicted octanol–water partition coefficient (Wildman–Crippen LogP) is 5.30. The monoisotopic (exact) mass is 438 g/mol. The Morgan fingerprint density at radius 3 is 2.71 bits per heavy atom. The van der Waals surface area contributed by atoms with Crippen molar-refractivity contribution in [3.05, 3.63) is 65.3 Å². The number of aromatic nitrogens is 4. The standard InChI is InChI=1S/C22H20ClFN6O/c1-12(2)28-22(31)30-21-17(6-7-25-20(21)11-27-30)29-18-9-19(26-10-13(18)3)15-8-14(23)4-5-16(15)24/h4-12H,1-3H3,(H,28,31)(H,25,26,29). The van der Waals surface area contributed by atoms with Gasteiger partial charge in [0, 0.05) is 34.7 Å². The van der Waals surface area contributed by atoms with E-state index in [9.17, 15) is 9.18 Å². The van der Waals surface area contributed by atoms with Crippen LogP contribution in [0.4, 0.5) is 20.6 Å². The zero-order valence-corrected chi connectivity index (χ0v) is 17.9. The molecular formula is C22H20ClFN6O. The van der Waals surface area contributed by atoms with Gasteiger partial charge in [-0.3, -0.25) is 9.97 Å². The van der Waals surface area contributed by atoms with Crippen LogP contribution in [-0.2, 0) is 0 Å². The van der Waals surface area contributed by atoms with Crippen molar-refractivity contribution in [1.82, 2.24) is 25.1 Å². The van der Waals surface area contributed by atoms with Crippen molar-refractivity contribution in [3.63, 3.8) is 0 Å². The normalized spacial score (nSPS) is 11.2. The first kappa shape index (κ1) is 20.7. The van der Waals surface area contributed by atoms with Crippen LogP contribution in [-0.4, -0.2) is 31.8 Å². The zero-order valence-electron chi connectivity index (χ0n) is 17.1. The fourth-order valence-electron chi connectivity index (χ4n) is 3.16. The maximum Gasteiger partial charge on any atom is 0.342 e. The highest BCUT2D eigenvalue weighted by Crippen LogP contribution is 2.31. The third-order valence-corrected chi connectivity index (χ3v) is 4.88. The summed E-state index contributed by atoms with van der Waals surface area (Å²) < 4.78 is 15.6. The number of aryl methyl sites for hydroxylation is 1. The molecule has 0 saturated heterocycles. The second-order valence-electron chi connectivity index (χ2n) is 7.39. The van der Waals surface area contributed by atoms with E-state index >= 15 is 0 Å². The van der Waals surface area contributed by atoms with Gasteiger partial charge in [-0.05, 0) is 56.7 Å². The molecule has 31 heavy (non-hydrogen) atoms. The molecular weight excluding hydrogens is 419 g/mol. The van der Waals surface area contributed by atoms with Crippen molar-refractivity contribution in [2.45, 2.75) is 26.8 Å². The van der Waals surface area contributed by atoms with E-state index in [-0.39, 0.29) is 12.1 Å². The Labute approximate surface area is 183 Å². The van der Waals surface area contributed by atoms with Gasteiger partial charge < -0.3 is 10.6 Å². The van der Waals surface area contributed by atoms with E-state index in [1.807, 2.05) is 20.8 Å². The number of carbonyl (C=O) groups excluding carboxylic acids is 1. The van der Waals surface area contributed by atoms with Gasteiger partial charge in [0.15, 0.2) is 0 Å². The maximum atomic E-state index is 14.3. The molecule has 7 nitrogen and oxygen atoms in total. The van der Waals surface area contributed by atoms with E-state index in [4.69, 9.17) is 11.6 Å². The largest absolute Gasteiger partial charge is 0.353 e. The van der Waals surface area contributed by atoms with Gasteiger partial charge in [-0.25, -0.2) is 9.18 Å². The summed E-state index contributed by atoms with van der Waals surface area (Å²) in [7, 11) is 0. The molecule has 1 aromatic carbocycles. The molecule has 4 aromatic rings. The van der Waals surface area contributed by atoms with Crippen LogP contribution in [0, 0.1) is 12.7 Å². The molecule has 0 aliphatic heterocycles. The average Bonchev–Trinajstić information content (AvgIpc) is 3.16. The van der Waals surface area contributed by atoms with Crippen LogP contribution >= 0.6 is 11.6 Å². The molecule has 3 aromatic heterocycles. The van der Waals surface area contributed by atoms with Crippen LogP contribution < -0.4 is 10.6 Å². The van der Waals surface area contributed by atoms with Gasteiger partial charge >= 0.3 is 6.03 Å². The number of nitrogens with zero attached hydrogens (tertiary/aromatic N) is 4. The molecule has 0 unspecified atom stereocenters. The van der Waals surface area contributed by atoms with Crippen molar-refractivity contribution < 1.29 is 9.18 Å². The average molecular weight is 439 g/mol. The van der Waals surface area contributed by atoms with Gasteiger partial charge in [-0.1, -0.05) is 11.6 Å². The van der Waals surface area contributed by atoms with Gasteiger partial charge in [0.05, 0.1) is 17.6 Å². The molecule has 0 aliphatic rings. The molecule has 9 heteroatoms. The highest BCUT2D eigenvalue weighted by molar-refractivity contribution is 6.30. The van der Waals surface area contributed by atoms with E-state index in [0.29, 0.717) is 38.7 Å². The summed E-state index contributed by atoms with van der Waals surface area (Å²) in [5, 5.41) is 10.7. The minimum atomic E-state index is -0.415. The van der Waals surface area contributed by atoms with Crippen LogP contribution in [0.5, 0.6) is 0 Å². The van der Waals surface area contributed by atoms with Gasteiger partial charge in [0.25, 0.3) is 0 Å². The van der Waals surface area contributed by atoms with Crippen molar-refractivity contribution >= 4 is 40.0 Å². The topological polar surface area (TPSA) is 84.7 Å². The van der Waals surface area contributed by atoms with E-state index < -0.39 is 5.82 Å². The zero-order chi connectivity index (χ0) is 22.1. The number of rotatable bonds is 4. The number of hydrogen-bond acceptors (Lipinski definition) is 5. The number of anilines is 2. The lowest BCUT2D eigenvalue weighted by Crippen LogP contribution is -2.34. The van der Waals surface area contributed by atoms with Gasteiger partial charge in [0.1, 0.15) is 16.9 Å². The third kappa shape index (κ3) is 4.20. The predicted molar refractivity (Wildman–Crippen MR) is 119 cm³/mol. The summed E-state index contributed by atoms with van der Waals surface area (Å²) in [4.78, 5) is 21.2. The molecule has 0 aliphatic carbocycles. The van der Waals surface area contributed by atoms with Crippen LogP contribution in [0.1, 0.15) is 19.4 Å². The minimum absolute atomic E-state index is 0.0441. The molecule has 0 bridgehead atoms. The molecule has 2 N–H and O–H groups in total. The lowest BCUT2D eigenvalue weighted by atomic mass is 10.1. The number of fused-ring (bicyclic) bond motifs is 1. The first-order valence-electron chi connectivity index (χ1n) is 9.66. The van der Waals surface area contributed by atoms with Crippen molar-refractivity contribution in [1.29, 1.82) is 0 Å². The second kappa shape index (κ2) is 8.31. The summed E-state index contributed by atoms with van der Waals surface area (Å²) in [6, 6.07) is 7.43. The van der Waals surface area contributed by atoms with E-state index in [1.165, 1.54) is 29.1 Å². The lowest BCUT2D eigenvalue weighted by molar-refractivity contribution is 0.238. The van der Waals surface area contributed by atoms with E-state index in [2.05, 4.69) is 25.7 Å². The highest BCUT2D eigenvalue weighted by Gasteiger charge is 2.17. The second-order valence-corrected chi connectivity index (χ2v) is 7.82. The number of nitrogens with one attached hydrogen (secondary N) is 2. The first-order chi connectivity index (χ1) is 14.8. The van der Waals surface area contributed by atoms with Crippen LogP contribution in [0.25, 0.3) is 22.3 Å². The van der Waals surface area contributed by atoms with Crippen molar-refractivity contribution in [3.8, 4) is 11.3 Å². The molecule has 0 fully saturated rings. The van der Waals surface area contributed by atoms with Crippen LogP contribution in [0.15, 0.2) is 48.9 Å². The van der Waals surface area contributed by atoms with Gasteiger partial charge in [-0.15, -0.1) is 0 Å². The molecule has 1 amide bonds. The summed E-state index contributed by atoms with van der Waals surface area (Å²) in [5.41, 5.74) is 4.02. The Kier molecular flexibility index (Phi) is 5.56. The van der Waals surface area contributed by atoms with Gasteiger partial charge in [-0.2, -0.15) is 9.78 Å². The molecule has 0 radical (unpaired) electrons. The molecule has 0 spiro atoms. The smallest absolute Gasteiger partial charge is 0.342 e. The first-order valence-corrected chi connectivity index (χ1v) is 10.0. The maximum absolute atomic E-state index is 14.3. The summed E-state index contributed by atoms with van der Waals surface area (Å²) >= 11 is 6.04. The number of pyridine rings is 2. The third-order valence-electron chi connectivity index (χ3n) is 4.64. The quantitative estimate of drug-likeness (QED) is 0.451. The SMILES string of the molecule is Cc1cnc(-c2cc(Cl)ccc2F)cc1Nc1ccnc2cnn(C(=O)NC(C)C)c12. The summed E-state index contributed by atoms with van der Waals surface area (Å²) in [5.74, 6) is -0.415. The van der Waals surface area contributed by atoms with Crippen LogP contribution in [0.3, 0.4) is 0 Å². The number of benzene rings is 1. The molecule has 0 atom stereocenters. The number of hydrogen-bond donors (Lipinski definition) is 2. The summed E-state index contributed by atoms with van der Waals surface area (Å²) in [6.07, 6.45) is 4.82. The fraction of sp³-hybridized carbons (Fsp3) is 0.182. The lowest BCUT2D eigenvalue weighted by Gasteiger charge is -2.14. The highest BCUT2D eigenvalue weighted by atomic mass is 35.5. The number of carbonyl (C=O) groups is 1. The molecule has 3 heterocycles. The van der Waals surface area contributed by atoms with Gasteiger partial charge in [0.2, 0.25) is 0 Å². The Hall–Kier alpha value is -3.52. The van der Waals surface area contributed by atoms with E-state index in [0.717, 1.165) is 5.56 Å². The van der Waals surface area contributed by atoms with Crippen molar-refractivity contribution in [2.75, 3.05) is 5.32 Å². The Morgan fingerprint density at radius 1 is 1.13 bits per heavy atom. The summed E-state index contributed by atoms with van der Waals surface area (Å²) in [6.45, 7) is 5.63. The minimum Gasteiger partial charge on any atom is -0.353 e. The number of halogens is 2. The Bertz CT molecular complexity index is 1290. The Morgan fingerprint density at radius 2 is 1.94 bits per heavy atom. The molecule has 4 rings (SSSR count). The van der Waals surface area contributed by atoms with E-state index in [1.54, 1.807) is 24.5 Å². The fourth-order valence-corrected chi connectivity index (χ4v) is 3.34. The Balaban J connectivity index is 1.77. The van der Waals surface area contributed by atoms with Crippen LogP contribution in [0.2, 0.25) is 5.02 Å².